The molecule has 2 heterocycles. The fourth-order valence-corrected chi connectivity index (χ4v) is 2.28. The topological polar surface area (TPSA) is 71.5 Å². The summed E-state index contributed by atoms with van der Waals surface area (Å²) in [6.45, 7) is 3.92. The normalized spacial score (nSPS) is 10.9. The molecule has 3 rings (SSSR count). The highest BCUT2D eigenvalue weighted by atomic mass is 16.5. The van der Waals surface area contributed by atoms with E-state index in [1.807, 2.05) is 30.3 Å². The highest BCUT2D eigenvalue weighted by Gasteiger charge is 2.16. The highest BCUT2D eigenvalue weighted by molar-refractivity contribution is 5.90. The van der Waals surface area contributed by atoms with E-state index >= 15 is 0 Å². The monoisotopic (exact) mass is 299 g/mol. The first-order valence-electron chi connectivity index (χ1n) is 6.97. The molecular formula is C16H17N3O3. The predicted octanol–water partition coefficient (Wildman–Crippen LogP) is 3.70. The summed E-state index contributed by atoms with van der Waals surface area (Å²) in [5, 5.41) is 7.64. The summed E-state index contributed by atoms with van der Waals surface area (Å²) in [4.78, 5) is 13.8. The van der Waals surface area contributed by atoms with Gasteiger partial charge in [-0.15, -0.1) is 0 Å². The van der Waals surface area contributed by atoms with E-state index in [2.05, 4.69) is 10.5 Å². The van der Waals surface area contributed by atoms with Gasteiger partial charge in [0.15, 0.2) is 5.76 Å². The Hall–Kier alpha value is -2.76. The summed E-state index contributed by atoms with van der Waals surface area (Å²) in [5.41, 5.74) is 2.08. The van der Waals surface area contributed by atoms with Gasteiger partial charge in [-0.3, -0.25) is 0 Å². The lowest BCUT2D eigenvalue weighted by Crippen LogP contribution is -2.31. The molecule has 3 aromatic rings. The minimum atomic E-state index is -0.241. The van der Waals surface area contributed by atoms with Crippen molar-refractivity contribution in [2.75, 3.05) is 12.4 Å². The molecule has 2 aromatic heterocycles. The van der Waals surface area contributed by atoms with Gasteiger partial charge in [0.2, 0.25) is 0 Å². The van der Waals surface area contributed by atoms with Crippen molar-refractivity contribution in [3.05, 3.63) is 47.5 Å². The predicted molar refractivity (Wildman–Crippen MR) is 82.7 cm³/mol. The number of hydrogen-bond donors (Lipinski definition) is 1. The molecule has 2 amide bonds. The Morgan fingerprint density at radius 3 is 2.77 bits per heavy atom. The molecule has 0 aliphatic carbocycles. The minimum Gasteiger partial charge on any atom is -0.459 e. The number of anilines is 1. The first-order chi connectivity index (χ1) is 10.5. The Morgan fingerprint density at radius 1 is 1.32 bits per heavy atom. The van der Waals surface area contributed by atoms with Gasteiger partial charge in [0.25, 0.3) is 0 Å². The zero-order valence-corrected chi connectivity index (χ0v) is 12.7. The maximum Gasteiger partial charge on any atom is 0.322 e. The molecule has 0 unspecified atom stereocenters. The molecule has 22 heavy (non-hydrogen) atoms. The average Bonchev–Trinajstić information content (AvgIpc) is 3.04. The van der Waals surface area contributed by atoms with Gasteiger partial charge in [-0.2, -0.15) is 0 Å². The SMILES string of the molecule is Cc1noc(C)c1NC(=O)N(C)Cc1cc2ccccc2o1. The summed E-state index contributed by atoms with van der Waals surface area (Å²) in [6.07, 6.45) is 0. The van der Waals surface area contributed by atoms with Crippen LogP contribution in [0.1, 0.15) is 17.2 Å². The number of benzene rings is 1. The van der Waals surface area contributed by atoms with E-state index in [0.717, 1.165) is 16.7 Å². The second-order valence-electron chi connectivity index (χ2n) is 5.24. The third-order valence-electron chi connectivity index (χ3n) is 3.48. The van der Waals surface area contributed by atoms with Gasteiger partial charge >= 0.3 is 6.03 Å². The third kappa shape index (κ3) is 2.67. The number of amides is 2. The molecule has 6 nitrogen and oxygen atoms in total. The van der Waals surface area contributed by atoms with Crippen molar-refractivity contribution in [2.45, 2.75) is 20.4 Å². The summed E-state index contributed by atoms with van der Waals surface area (Å²) in [7, 11) is 1.71. The van der Waals surface area contributed by atoms with Crippen LogP contribution in [0.4, 0.5) is 10.5 Å². The Labute approximate surface area is 127 Å². The molecule has 0 spiro atoms. The van der Waals surface area contributed by atoms with Crippen molar-refractivity contribution in [1.29, 1.82) is 0 Å². The lowest BCUT2D eigenvalue weighted by Gasteiger charge is -2.16. The fraction of sp³-hybridized carbons (Fsp3) is 0.250. The second-order valence-corrected chi connectivity index (χ2v) is 5.24. The highest BCUT2D eigenvalue weighted by Crippen LogP contribution is 2.21. The Morgan fingerprint density at radius 2 is 2.09 bits per heavy atom. The maximum atomic E-state index is 12.2. The molecule has 0 radical (unpaired) electrons. The van der Waals surface area contributed by atoms with E-state index < -0.39 is 0 Å². The molecule has 0 bridgehead atoms. The van der Waals surface area contributed by atoms with Crippen LogP contribution in [0.3, 0.4) is 0 Å². The number of fused-ring (bicyclic) bond motifs is 1. The summed E-state index contributed by atoms with van der Waals surface area (Å²) in [6, 6.07) is 9.46. The van der Waals surface area contributed by atoms with Crippen molar-refractivity contribution in [2.24, 2.45) is 0 Å². The summed E-state index contributed by atoms with van der Waals surface area (Å²) >= 11 is 0. The van der Waals surface area contributed by atoms with E-state index in [-0.39, 0.29) is 6.03 Å². The van der Waals surface area contributed by atoms with E-state index in [4.69, 9.17) is 8.94 Å². The Kier molecular flexibility index (Phi) is 3.58. The smallest absolute Gasteiger partial charge is 0.322 e. The number of carbonyl (C=O) groups excluding carboxylic acids is 1. The first kappa shape index (κ1) is 14.2. The van der Waals surface area contributed by atoms with Gasteiger partial charge in [-0.1, -0.05) is 23.4 Å². The zero-order chi connectivity index (χ0) is 15.7. The Balaban J connectivity index is 1.71. The van der Waals surface area contributed by atoms with Crippen molar-refractivity contribution in [3.8, 4) is 0 Å². The van der Waals surface area contributed by atoms with Crippen molar-refractivity contribution in [1.82, 2.24) is 10.1 Å². The number of rotatable bonds is 3. The van der Waals surface area contributed by atoms with Crippen LogP contribution in [-0.2, 0) is 6.54 Å². The number of urea groups is 1. The third-order valence-corrected chi connectivity index (χ3v) is 3.48. The molecular weight excluding hydrogens is 282 g/mol. The van der Waals surface area contributed by atoms with Gasteiger partial charge in [0.05, 0.1) is 6.54 Å². The number of carbonyl (C=O) groups is 1. The van der Waals surface area contributed by atoms with E-state index in [1.54, 1.807) is 25.8 Å². The lowest BCUT2D eigenvalue weighted by atomic mass is 10.2. The lowest BCUT2D eigenvalue weighted by molar-refractivity contribution is 0.217. The van der Waals surface area contributed by atoms with Gasteiger partial charge in [-0.25, -0.2) is 4.79 Å². The van der Waals surface area contributed by atoms with Crippen LogP contribution in [0.2, 0.25) is 0 Å². The van der Waals surface area contributed by atoms with Gasteiger partial charge in [-0.05, 0) is 26.0 Å². The molecule has 0 atom stereocenters. The number of aromatic nitrogens is 1. The molecule has 6 heteroatoms. The number of para-hydroxylation sites is 1. The van der Waals surface area contributed by atoms with Crippen LogP contribution < -0.4 is 5.32 Å². The van der Waals surface area contributed by atoms with Gasteiger partial charge in [0.1, 0.15) is 22.7 Å². The fourth-order valence-electron chi connectivity index (χ4n) is 2.28. The number of aryl methyl sites for hydroxylation is 2. The standard InChI is InChI=1S/C16H17N3O3/c1-10-15(11(2)22-18-10)17-16(20)19(3)9-13-8-12-6-4-5-7-14(12)21-13/h4-8H,9H2,1-3H3,(H,17,20). The number of nitrogens with one attached hydrogen (secondary N) is 1. The molecule has 0 fully saturated rings. The van der Waals surface area contributed by atoms with Gasteiger partial charge in [0, 0.05) is 12.4 Å². The Bertz CT molecular complexity index is 767. The van der Waals surface area contributed by atoms with Crippen LogP contribution in [0.5, 0.6) is 0 Å². The molecule has 1 N–H and O–H groups in total. The van der Waals surface area contributed by atoms with E-state index in [1.165, 1.54) is 0 Å². The second kappa shape index (κ2) is 5.55. The van der Waals surface area contributed by atoms with Crippen LogP contribution >= 0.6 is 0 Å². The molecule has 1 aromatic carbocycles. The molecule has 0 saturated heterocycles. The summed E-state index contributed by atoms with van der Waals surface area (Å²) < 4.78 is 10.8. The maximum absolute atomic E-state index is 12.2. The van der Waals surface area contributed by atoms with Crippen LogP contribution in [0.25, 0.3) is 11.0 Å². The van der Waals surface area contributed by atoms with Crippen LogP contribution in [0.15, 0.2) is 39.3 Å². The van der Waals surface area contributed by atoms with Crippen LogP contribution in [0, 0.1) is 13.8 Å². The summed E-state index contributed by atoms with van der Waals surface area (Å²) in [5.74, 6) is 1.32. The minimum absolute atomic E-state index is 0.241. The van der Waals surface area contributed by atoms with Gasteiger partial charge < -0.3 is 19.2 Å². The first-order valence-corrected chi connectivity index (χ1v) is 6.97. The quantitative estimate of drug-likeness (QED) is 0.800. The molecule has 0 aliphatic rings. The average molecular weight is 299 g/mol. The van der Waals surface area contributed by atoms with Crippen molar-refractivity contribution < 1.29 is 13.7 Å². The zero-order valence-electron chi connectivity index (χ0n) is 12.7. The van der Waals surface area contributed by atoms with Crippen molar-refractivity contribution in [3.63, 3.8) is 0 Å². The molecule has 0 saturated carbocycles. The van der Waals surface area contributed by atoms with Crippen LogP contribution in [-0.4, -0.2) is 23.1 Å². The molecule has 114 valence electrons. The molecule has 0 aliphatic heterocycles. The number of furan rings is 1. The largest absolute Gasteiger partial charge is 0.459 e. The number of nitrogens with zero attached hydrogens (tertiary/aromatic N) is 2. The van der Waals surface area contributed by atoms with E-state index in [0.29, 0.717) is 23.7 Å². The van der Waals surface area contributed by atoms with Crippen molar-refractivity contribution >= 4 is 22.7 Å². The van der Waals surface area contributed by atoms with E-state index in [9.17, 15) is 4.79 Å². The number of hydrogen-bond acceptors (Lipinski definition) is 4.